The highest BCUT2D eigenvalue weighted by Gasteiger charge is 2.07. The molecule has 2 aromatic rings. The molecule has 0 fully saturated rings. The van der Waals surface area contributed by atoms with E-state index in [-0.39, 0.29) is 5.91 Å². The second kappa shape index (κ2) is 4.65. The third kappa shape index (κ3) is 2.60. The summed E-state index contributed by atoms with van der Waals surface area (Å²) in [4.78, 5) is 21.6. The number of carbonyl (C=O) groups is 1. The number of carbonyl (C=O) groups excluding carboxylic acids is 1. The maximum absolute atomic E-state index is 11.7. The predicted molar refractivity (Wildman–Crippen MR) is 63.0 cm³/mol. The van der Waals surface area contributed by atoms with Crippen molar-refractivity contribution < 1.29 is 9.21 Å². The average Bonchev–Trinajstić information content (AvgIpc) is 2.83. The van der Waals surface area contributed by atoms with Gasteiger partial charge in [0.2, 0.25) is 5.95 Å². The van der Waals surface area contributed by atoms with E-state index in [1.807, 2.05) is 14.1 Å². The van der Waals surface area contributed by atoms with Crippen molar-refractivity contribution in [2.24, 2.45) is 0 Å². The fraction of sp³-hybridized carbons (Fsp3) is 0.182. The lowest BCUT2D eigenvalue weighted by Crippen LogP contribution is -2.14. The summed E-state index contributed by atoms with van der Waals surface area (Å²) >= 11 is 0. The van der Waals surface area contributed by atoms with Crippen LogP contribution in [0.3, 0.4) is 0 Å². The Labute approximate surface area is 98.3 Å². The first kappa shape index (κ1) is 11.1. The Hall–Kier alpha value is -2.37. The minimum atomic E-state index is -0.250. The van der Waals surface area contributed by atoms with Crippen molar-refractivity contribution in [3.63, 3.8) is 0 Å². The molecule has 0 aromatic carbocycles. The molecule has 2 aromatic heterocycles. The molecule has 6 heteroatoms. The first-order valence-electron chi connectivity index (χ1n) is 5.00. The van der Waals surface area contributed by atoms with E-state index in [1.54, 1.807) is 23.4 Å². The maximum atomic E-state index is 11.7. The summed E-state index contributed by atoms with van der Waals surface area (Å²) in [6, 6.07) is 1.59. The molecule has 2 heterocycles. The second-order valence-electron chi connectivity index (χ2n) is 3.63. The van der Waals surface area contributed by atoms with Crippen LogP contribution in [0.4, 0.5) is 11.6 Å². The van der Waals surface area contributed by atoms with Crippen molar-refractivity contribution in [2.75, 3.05) is 24.3 Å². The SMILES string of the molecule is CN(C)c1ncc(NC(=O)c2ccoc2)cn1. The molecule has 0 saturated heterocycles. The van der Waals surface area contributed by atoms with Gasteiger partial charge in [0.25, 0.3) is 5.91 Å². The van der Waals surface area contributed by atoms with E-state index in [0.717, 1.165) is 0 Å². The Kier molecular flexibility index (Phi) is 3.04. The molecular weight excluding hydrogens is 220 g/mol. The van der Waals surface area contributed by atoms with Gasteiger partial charge in [-0.1, -0.05) is 0 Å². The standard InChI is InChI=1S/C11H12N4O2/c1-15(2)11-12-5-9(6-13-11)14-10(16)8-3-4-17-7-8/h3-7H,1-2H3,(H,14,16). The number of nitrogens with one attached hydrogen (secondary N) is 1. The molecule has 1 amide bonds. The smallest absolute Gasteiger partial charge is 0.258 e. The Morgan fingerprint density at radius 1 is 1.35 bits per heavy atom. The van der Waals surface area contributed by atoms with Gasteiger partial charge in [0.15, 0.2) is 0 Å². The molecule has 88 valence electrons. The fourth-order valence-corrected chi connectivity index (χ4v) is 1.21. The van der Waals surface area contributed by atoms with Crippen molar-refractivity contribution in [1.82, 2.24) is 9.97 Å². The van der Waals surface area contributed by atoms with Crippen LogP contribution in [-0.4, -0.2) is 30.0 Å². The Bertz CT molecular complexity index is 491. The summed E-state index contributed by atoms with van der Waals surface area (Å²) < 4.78 is 4.83. The van der Waals surface area contributed by atoms with E-state index in [2.05, 4.69) is 15.3 Å². The highest BCUT2D eigenvalue weighted by atomic mass is 16.3. The maximum Gasteiger partial charge on any atom is 0.258 e. The number of amides is 1. The van der Waals surface area contributed by atoms with Gasteiger partial charge in [0, 0.05) is 14.1 Å². The van der Waals surface area contributed by atoms with Crippen LogP contribution in [0.25, 0.3) is 0 Å². The summed E-state index contributed by atoms with van der Waals surface area (Å²) in [7, 11) is 3.69. The van der Waals surface area contributed by atoms with Gasteiger partial charge in [-0.3, -0.25) is 4.79 Å². The van der Waals surface area contributed by atoms with Crippen LogP contribution in [0.15, 0.2) is 35.4 Å². The monoisotopic (exact) mass is 232 g/mol. The Balaban J connectivity index is 2.07. The van der Waals surface area contributed by atoms with Crippen molar-refractivity contribution in [1.29, 1.82) is 0 Å². The number of rotatable bonds is 3. The van der Waals surface area contributed by atoms with E-state index >= 15 is 0 Å². The Morgan fingerprint density at radius 3 is 2.59 bits per heavy atom. The average molecular weight is 232 g/mol. The van der Waals surface area contributed by atoms with Gasteiger partial charge in [0.05, 0.1) is 29.9 Å². The molecule has 0 saturated carbocycles. The zero-order chi connectivity index (χ0) is 12.3. The molecule has 6 nitrogen and oxygen atoms in total. The highest BCUT2D eigenvalue weighted by molar-refractivity contribution is 6.03. The summed E-state index contributed by atoms with van der Waals surface area (Å²) in [6.07, 6.45) is 5.94. The molecule has 0 spiro atoms. The first-order chi connectivity index (χ1) is 8.16. The van der Waals surface area contributed by atoms with Crippen LogP contribution in [0.5, 0.6) is 0 Å². The molecule has 2 rings (SSSR count). The number of furan rings is 1. The van der Waals surface area contributed by atoms with Crippen molar-refractivity contribution >= 4 is 17.5 Å². The van der Waals surface area contributed by atoms with Crippen LogP contribution in [0.2, 0.25) is 0 Å². The van der Waals surface area contributed by atoms with Crippen LogP contribution in [-0.2, 0) is 0 Å². The zero-order valence-corrected chi connectivity index (χ0v) is 9.54. The predicted octanol–water partition coefficient (Wildman–Crippen LogP) is 1.39. The van der Waals surface area contributed by atoms with E-state index in [1.165, 1.54) is 12.5 Å². The summed E-state index contributed by atoms with van der Waals surface area (Å²) in [5.41, 5.74) is 1.00. The number of anilines is 2. The van der Waals surface area contributed by atoms with Gasteiger partial charge in [0.1, 0.15) is 6.26 Å². The third-order valence-electron chi connectivity index (χ3n) is 2.08. The van der Waals surface area contributed by atoms with Crippen molar-refractivity contribution in [2.45, 2.75) is 0 Å². The summed E-state index contributed by atoms with van der Waals surface area (Å²) in [6.45, 7) is 0. The molecule has 17 heavy (non-hydrogen) atoms. The Morgan fingerprint density at radius 2 is 2.06 bits per heavy atom. The van der Waals surface area contributed by atoms with Crippen LogP contribution < -0.4 is 10.2 Å². The van der Waals surface area contributed by atoms with Gasteiger partial charge >= 0.3 is 0 Å². The van der Waals surface area contributed by atoms with Crippen molar-refractivity contribution in [3.8, 4) is 0 Å². The molecule has 1 N–H and O–H groups in total. The molecule has 0 aliphatic heterocycles. The molecule has 0 aliphatic carbocycles. The first-order valence-corrected chi connectivity index (χ1v) is 5.00. The molecule has 0 atom stereocenters. The number of aromatic nitrogens is 2. The van der Waals surface area contributed by atoms with E-state index in [0.29, 0.717) is 17.2 Å². The van der Waals surface area contributed by atoms with E-state index < -0.39 is 0 Å². The van der Waals surface area contributed by atoms with Gasteiger partial charge in [-0.15, -0.1) is 0 Å². The van der Waals surface area contributed by atoms with Gasteiger partial charge in [-0.05, 0) is 6.07 Å². The topological polar surface area (TPSA) is 71.3 Å². The van der Waals surface area contributed by atoms with Crippen LogP contribution in [0.1, 0.15) is 10.4 Å². The summed E-state index contributed by atoms with van der Waals surface area (Å²) in [5.74, 6) is 0.339. The normalized spacial score (nSPS) is 10.0. The minimum Gasteiger partial charge on any atom is -0.472 e. The van der Waals surface area contributed by atoms with Crippen LogP contribution >= 0.6 is 0 Å². The largest absolute Gasteiger partial charge is 0.472 e. The minimum absolute atomic E-state index is 0.250. The lowest BCUT2D eigenvalue weighted by atomic mass is 10.3. The van der Waals surface area contributed by atoms with Crippen LogP contribution in [0, 0.1) is 0 Å². The number of hydrogen-bond acceptors (Lipinski definition) is 5. The van der Waals surface area contributed by atoms with Gasteiger partial charge < -0.3 is 14.6 Å². The lowest BCUT2D eigenvalue weighted by Gasteiger charge is -2.09. The summed E-state index contributed by atoms with van der Waals surface area (Å²) in [5, 5.41) is 2.67. The van der Waals surface area contributed by atoms with E-state index in [9.17, 15) is 4.79 Å². The zero-order valence-electron chi connectivity index (χ0n) is 9.54. The lowest BCUT2D eigenvalue weighted by molar-refractivity contribution is 0.102. The van der Waals surface area contributed by atoms with E-state index in [4.69, 9.17) is 4.42 Å². The third-order valence-corrected chi connectivity index (χ3v) is 2.08. The fourth-order valence-electron chi connectivity index (χ4n) is 1.21. The van der Waals surface area contributed by atoms with Gasteiger partial charge in [-0.2, -0.15) is 0 Å². The van der Waals surface area contributed by atoms with Gasteiger partial charge in [-0.25, -0.2) is 9.97 Å². The van der Waals surface area contributed by atoms with Crippen molar-refractivity contribution in [3.05, 3.63) is 36.5 Å². The quantitative estimate of drug-likeness (QED) is 0.865. The molecule has 0 aliphatic rings. The number of hydrogen-bond donors (Lipinski definition) is 1. The number of nitrogens with zero attached hydrogens (tertiary/aromatic N) is 3. The molecular formula is C11H12N4O2. The molecule has 0 unspecified atom stereocenters. The second-order valence-corrected chi connectivity index (χ2v) is 3.63. The molecule has 0 bridgehead atoms. The molecule has 0 radical (unpaired) electrons. The highest BCUT2D eigenvalue weighted by Crippen LogP contribution is 2.09.